The second-order valence-corrected chi connectivity index (χ2v) is 9.70. The molecule has 0 radical (unpaired) electrons. The van der Waals surface area contributed by atoms with E-state index >= 15 is 0 Å². The molecule has 5 nitrogen and oxygen atoms in total. The Morgan fingerprint density at radius 1 is 1.13 bits per heavy atom. The summed E-state index contributed by atoms with van der Waals surface area (Å²) in [6, 6.07) is 13.7. The molecule has 2 aromatic carbocycles. The van der Waals surface area contributed by atoms with Gasteiger partial charge in [-0.25, -0.2) is 0 Å². The van der Waals surface area contributed by atoms with Crippen molar-refractivity contribution in [1.29, 1.82) is 0 Å². The van der Waals surface area contributed by atoms with Crippen molar-refractivity contribution in [2.75, 3.05) is 21.2 Å². The van der Waals surface area contributed by atoms with Crippen molar-refractivity contribution in [3.05, 3.63) is 65.4 Å². The van der Waals surface area contributed by atoms with Gasteiger partial charge >= 0.3 is 0 Å². The summed E-state index contributed by atoms with van der Waals surface area (Å²) in [6.07, 6.45) is 2.13. The second-order valence-electron chi connectivity index (χ2n) is 8.48. The van der Waals surface area contributed by atoms with E-state index in [2.05, 4.69) is 17.0 Å². The van der Waals surface area contributed by atoms with Gasteiger partial charge in [-0.1, -0.05) is 31.2 Å². The van der Waals surface area contributed by atoms with Gasteiger partial charge < -0.3 is 19.8 Å². The highest BCUT2D eigenvalue weighted by atomic mass is 32.2. The van der Waals surface area contributed by atoms with Gasteiger partial charge in [0.05, 0.1) is 12.4 Å². The van der Waals surface area contributed by atoms with E-state index in [1.165, 1.54) is 7.11 Å². The van der Waals surface area contributed by atoms with E-state index in [-0.39, 0.29) is 40.9 Å². The van der Waals surface area contributed by atoms with Crippen molar-refractivity contribution in [3.63, 3.8) is 0 Å². The number of hydrogen-bond donors (Lipinski definition) is 2. The van der Waals surface area contributed by atoms with E-state index in [1.807, 2.05) is 51.4 Å². The molecule has 0 aliphatic heterocycles. The number of carbonyl (C=O) groups excluding carboxylic acids is 1. The number of rotatable bonds is 4. The van der Waals surface area contributed by atoms with E-state index in [4.69, 9.17) is 4.74 Å². The number of carbonyl (C=O) groups is 1. The first-order valence-electron chi connectivity index (χ1n) is 10.0. The van der Waals surface area contributed by atoms with Crippen LogP contribution < -0.4 is 0 Å². The van der Waals surface area contributed by atoms with Gasteiger partial charge in [0.1, 0.15) is 0 Å². The molecule has 2 N–H and O–H groups in total. The molecule has 2 aliphatic rings. The number of ether oxygens (including phenoxy) is 1. The number of benzene rings is 2. The Bertz CT molecular complexity index is 1000. The molecule has 0 spiro atoms. The van der Waals surface area contributed by atoms with Crippen molar-refractivity contribution in [3.8, 4) is 11.5 Å². The molecule has 0 bridgehead atoms. The Balaban J connectivity index is 1.97. The molecule has 0 fully saturated rings. The number of phenolic OH excluding ortho intramolecular Hbond substituents is 2. The number of nitrogens with zero attached hydrogens (tertiary/aromatic N) is 1. The van der Waals surface area contributed by atoms with Crippen LogP contribution in [0.25, 0.3) is 0 Å². The third-order valence-electron chi connectivity index (χ3n) is 6.44. The average Bonchev–Trinajstić information content (AvgIpc) is 2.71. The van der Waals surface area contributed by atoms with Gasteiger partial charge in [0, 0.05) is 34.3 Å². The number of fused-ring (bicyclic) bond motifs is 3. The minimum absolute atomic E-state index is 0.00969. The van der Waals surface area contributed by atoms with Crippen LogP contribution in [-0.2, 0) is 14.9 Å². The molecule has 0 aromatic heterocycles. The maximum atomic E-state index is 12.8. The Labute approximate surface area is 181 Å². The molecule has 0 saturated carbocycles. The standard InChI is InChI=1S/C24H27NO4S/c1-24-13-18(27)19(29-4)12-16(24)21(25(2)3)23(30-14-8-6-5-7-9-14)15-10-11-17(26)22(28)20(15)24/h5-12,16,21,23,26,28H,13H2,1-4H3/t16?,21-,23-,24-/m1/s1. The first-order valence-corrected chi connectivity index (χ1v) is 10.9. The largest absolute Gasteiger partial charge is 0.504 e. The zero-order valence-electron chi connectivity index (χ0n) is 17.6. The first-order chi connectivity index (χ1) is 14.3. The van der Waals surface area contributed by atoms with Crippen LogP contribution in [-0.4, -0.2) is 48.1 Å². The quantitative estimate of drug-likeness (QED) is 0.714. The minimum atomic E-state index is -0.653. The predicted octanol–water partition coefficient (Wildman–Crippen LogP) is 4.25. The van der Waals surface area contributed by atoms with E-state index in [0.717, 1.165) is 10.5 Å². The molecule has 4 rings (SSSR count). The molecule has 2 aliphatic carbocycles. The highest BCUT2D eigenvalue weighted by Crippen LogP contribution is 2.60. The number of phenols is 2. The molecule has 0 saturated heterocycles. The molecule has 2 aromatic rings. The molecular formula is C24H27NO4S. The Morgan fingerprint density at radius 3 is 2.47 bits per heavy atom. The second kappa shape index (κ2) is 7.67. The molecule has 0 heterocycles. The highest BCUT2D eigenvalue weighted by molar-refractivity contribution is 7.99. The summed E-state index contributed by atoms with van der Waals surface area (Å²) in [5.41, 5.74) is 0.970. The third kappa shape index (κ3) is 3.19. The fraction of sp³-hybridized carbons (Fsp3) is 0.375. The van der Waals surface area contributed by atoms with Crippen LogP contribution in [0.2, 0.25) is 0 Å². The molecule has 6 heteroatoms. The van der Waals surface area contributed by atoms with Gasteiger partial charge in [-0.15, -0.1) is 11.8 Å². The van der Waals surface area contributed by atoms with Gasteiger partial charge in [0.15, 0.2) is 23.0 Å². The predicted molar refractivity (Wildman–Crippen MR) is 118 cm³/mol. The van der Waals surface area contributed by atoms with Crippen molar-refractivity contribution in [2.24, 2.45) is 5.92 Å². The number of methoxy groups -OCH3 is 1. The monoisotopic (exact) mass is 425 g/mol. The number of ketones is 1. The number of likely N-dealkylation sites (N-methyl/N-ethyl adjacent to an activating group) is 1. The molecule has 4 atom stereocenters. The third-order valence-corrected chi connectivity index (χ3v) is 7.77. The zero-order valence-corrected chi connectivity index (χ0v) is 18.4. The zero-order chi connectivity index (χ0) is 21.6. The highest BCUT2D eigenvalue weighted by Gasteiger charge is 2.54. The lowest BCUT2D eigenvalue weighted by Gasteiger charge is -2.53. The van der Waals surface area contributed by atoms with E-state index < -0.39 is 5.41 Å². The van der Waals surface area contributed by atoms with Crippen molar-refractivity contribution < 1.29 is 19.7 Å². The first kappa shape index (κ1) is 20.8. The van der Waals surface area contributed by atoms with Gasteiger partial charge in [0.2, 0.25) is 0 Å². The summed E-state index contributed by atoms with van der Waals surface area (Å²) in [5.74, 6) is -0.0820. The van der Waals surface area contributed by atoms with E-state index in [0.29, 0.717) is 11.3 Å². The van der Waals surface area contributed by atoms with Crippen LogP contribution in [0.15, 0.2) is 59.2 Å². The lowest BCUT2D eigenvalue weighted by atomic mass is 9.57. The minimum Gasteiger partial charge on any atom is -0.504 e. The normalized spacial score (nSPS) is 28.0. The molecular weight excluding hydrogens is 398 g/mol. The summed E-state index contributed by atoms with van der Waals surface area (Å²) < 4.78 is 5.40. The Hall–Kier alpha value is -2.44. The molecule has 1 unspecified atom stereocenters. The summed E-state index contributed by atoms with van der Waals surface area (Å²) in [7, 11) is 5.62. The van der Waals surface area contributed by atoms with E-state index in [9.17, 15) is 15.0 Å². The van der Waals surface area contributed by atoms with Crippen LogP contribution >= 0.6 is 11.8 Å². The maximum Gasteiger partial charge on any atom is 0.197 e. The number of aromatic hydroxyl groups is 2. The van der Waals surface area contributed by atoms with Crippen LogP contribution in [0.4, 0.5) is 0 Å². The van der Waals surface area contributed by atoms with Crippen LogP contribution in [0, 0.1) is 5.92 Å². The lowest BCUT2D eigenvalue weighted by Crippen LogP contribution is -2.54. The number of Topliss-reactive ketones (excluding diaryl/α,β-unsaturated/α-hetero) is 1. The van der Waals surface area contributed by atoms with Crippen molar-refractivity contribution in [1.82, 2.24) is 4.90 Å². The Morgan fingerprint density at radius 2 is 1.83 bits per heavy atom. The van der Waals surface area contributed by atoms with Gasteiger partial charge in [-0.2, -0.15) is 0 Å². The molecule has 30 heavy (non-hydrogen) atoms. The fourth-order valence-corrected chi connectivity index (χ4v) is 6.55. The van der Waals surface area contributed by atoms with Gasteiger partial charge in [-0.3, -0.25) is 4.79 Å². The van der Waals surface area contributed by atoms with Crippen LogP contribution in [0.3, 0.4) is 0 Å². The topological polar surface area (TPSA) is 70.0 Å². The summed E-state index contributed by atoms with van der Waals surface area (Å²) in [6.45, 7) is 2.01. The van der Waals surface area contributed by atoms with Crippen molar-refractivity contribution >= 4 is 17.5 Å². The maximum absolute atomic E-state index is 12.8. The number of hydrogen-bond acceptors (Lipinski definition) is 6. The van der Waals surface area contributed by atoms with Crippen molar-refractivity contribution in [2.45, 2.75) is 34.9 Å². The number of allylic oxidation sites excluding steroid dienone is 1. The van der Waals surface area contributed by atoms with Gasteiger partial charge in [-0.05, 0) is 43.9 Å². The summed E-state index contributed by atoms with van der Waals surface area (Å²) in [5, 5.41) is 21.2. The SMILES string of the molecule is COC1=CC2[C@@H](N(C)C)[C@H](Sc3ccccc3)c3ccc(O)c(O)c3[C@]2(C)CC1=O. The van der Waals surface area contributed by atoms with E-state index in [1.54, 1.807) is 17.8 Å². The smallest absolute Gasteiger partial charge is 0.197 e. The molecule has 158 valence electrons. The lowest BCUT2D eigenvalue weighted by molar-refractivity contribution is -0.121. The van der Waals surface area contributed by atoms with Gasteiger partial charge in [0.25, 0.3) is 0 Å². The summed E-state index contributed by atoms with van der Waals surface area (Å²) in [4.78, 5) is 16.1. The van der Waals surface area contributed by atoms with Crippen LogP contribution in [0.5, 0.6) is 11.5 Å². The summed E-state index contributed by atoms with van der Waals surface area (Å²) >= 11 is 1.73. The molecule has 0 amide bonds. The number of thioether (sulfide) groups is 1. The van der Waals surface area contributed by atoms with Crippen LogP contribution in [0.1, 0.15) is 29.7 Å². The average molecular weight is 426 g/mol. The Kier molecular flexibility index (Phi) is 5.32. The fourth-order valence-electron chi connectivity index (χ4n) is 5.07.